The van der Waals surface area contributed by atoms with E-state index in [0.717, 1.165) is 23.3 Å². The summed E-state index contributed by atoms with van der Waals surface area (Å²) in [5.41, 5.74) is 0.897. The van der Waals surface area contributed by atoms with Crippen molar-refractivity contribution >= 4 is 16.9 Å². The van der Waals surface area contributed by atoms with Gasteiger partial charge in [0.2, 0.25) is 0 Å². The maximum atomic E-state index is 10.7. The molecule has 2 rings (SSSR count). The van der Waals surface area contributed by atoms with Crippen LogP contribution in [0.5, 0.6) is 0 Å². The van der Waals surface area contributed by atoms with Gasteiger partial charge >= 0.3 is 5.97 Å². The molecule has 21 heavy (non-hydrogen) atoms. The van der Waals surface area contributed by atoms with Crippen LogP contribution in [0, 0.1) is 0 Å². The number of benzene rings is 1. The van der Waals surface area contributed by atoms with E-state index in [1.165, 1.54) is 0 Å². The lowest BCUT2D eigenvalue weighted by molar-refractivity contribution is -0.137. The molecule has 1 aromatic carbocycles. The van der Waals surface area contributed by atoms with E-state index in [4.69, 9.17) is 9.52 Å². The first-order valence-electron chi connectivity index (χ1n) is 7.45. The lowest BCUT2D eigenvalue weighted by Crippen LogP contribution is -2.34. The van der Waals surface area contributed by atoms with E-state index < -0.39 is 5.97 Å². The van der Waals surface area contributed by atoms with Gasteiger partial charge in [0.05, 0.1) is 6.04 Å². The molecule has 0 amide bonds. The Kier molecular flexibility index (Phi) is 5.02. The Balaban J connectivity index is 2.13. The second kappa shape index (κ2) is 6.76. The quantitative estimate of drug-likeness (QED) is 0.834. The number of hydrogen-bond donors (Lipinski definition) is 1. The Morgan fingerprint density at radius 2 is 2.00 bits per heavy atom. The van der Waals surface area contributed by atoms with Crippen molar-refractivity contribution in [1.82, 2.24) is 4.90 Å². The number of furan rings is 1. The van der Waals surface area contributed by atoms with E-state index in [1.807, 2.05) is 24.3 Å². The number of carboxylic acids is 1. The number of fused-ring (bicyclic) bond motifs is 1. The van der Waals surface area contributed by atoms with Crippen LogP contribution in [0.3, 0.4) is 0 Å². The Hall–Kier alpha value is -1.81. The zero-order valence-corrected chi connectivity index (χ0v) is 12.9. The average molecular weight is 289 g/mol. The molecule has 0 saturated carbocycles. The normalized spacial score (nSPS) is 13.2. The fourth-order valence-electron chi connectivity index (χ4n) is 2.68. The van der Waals surface area contributed by atoms with Gasteiger partial charge in [0.25, 0.3) is 0 Å². The van der Waals surface area contributed by atoms with E-state index >= 15 is 0 Å². The third kappa shape index (κ3) is 3.85. The predicted molar refractivity (Wildman–Crippen MR) is 83.3 cm³/mol. The van der Waals surface area contributed by atoms with Gasteiger partial charge < -0.3 is 9.52 Å². The molecule has 0 fully saturated rings. The van der Waals surface area contributed by atoms with Gasteiger partial charge in [-0.25, -0.2) is 0 Å². The van der Waals surface area contributed by atoms with Gasteiger partial charge in [-0.05, 0) is 45.9 Å². The van der Waals surface area contributed by atoms with Gasteiger partial charge in [0, 0.05) is 17.8 Å². The maximum absolute atomic E-state index is 10.7. The number of carbonyl (C=O) groups is 1. The second-order valence-electron chi connectivity index (χ2n) is 5.69. The van der Waals surface area contributed by atoms with Crippen LogP contribution in [-0.2, 0) is 4.79 Å². The highest BCUT2D eigenvalue weighted by Gasteiger charge is 2.21. The minimum Gasteiger partial charge on any atom is -0.481 e. The van der Waals surface area contributed by atoms with Gasteiger partial charge in [-0.1, -0.05) is 18.2 Å². The van der Waals surface area contributed by atoms with Crippen molar-refractivity contribution in [3.05, 3.63) is 36.1 Å². The predicted octanol–water partition coefficient (Wildman–Crippen LogP) is 4.07. The lowest BCUT2D eigenvalue weighted by atomic mass is 10.1. The average Bonchev–Trinajstić information content (AvgIpc) is 2.86. The van der Waals surface area contributed by atoms with E-state index in [-0.39, 0.29) is 12.5 Å². The molecular weight excluding hydrogens is 266 g/mol. The molecule has 0 aliphatic heterocycles. The summed E-state index contributed by atoms with van der Waals surface area (Å²) in [6.07, 6.45) is 0.855. The molecule has 1 aromatic heterocycles. The second-order valence-corrected chi connectivity index (χ2v) is 5.69. The van der Waals surface area contributed by atoms with Crippen molar-refractivity contribution in [2.24, 2.45) is 0 Å². The number of para-hydroxylation sites is 1. The Labute approximate surface area is 125 Å². The molecule has 1 unspecified atom stereocenters. The minimum atomic E-state index is -0.741. The first-order valence-corrected chi connectivity index (χ1v) is 7.45. The fourth-order valence-corrected chi connectivity index (χ4v) is 2.68. The monoisotopic (exact) mass is 289 g/mol. The SMILES string of the molecule is CC(C)N(CCCC(=O)O)C(C)c1cc2ccccc2o1. The third-order valence-electron chi connectivity index (χ3n) is 3.82. The summed E-state index contributed by atoms with van der Waals surface area (Å²) in [5.74, 6) is 0.190. The van der Waals surface area contributed by atoms with Crippen LogP contribution in [0.25, 0.3) is 11.0 Å². The maximum Gasteiger partial charge on any atom is 0.303 e. The zero-order chi connectivity index (χ0) is 15.4. The van der Waals surface area contributed by atoms with Crippen LogP contribution in [-0.4, -0.2) is 28.6 Å². The van der Waals surface area contributed by atoms with Crippen molar-refractivity contribution in [2.45, 2.75) is 45.7 Å². The van der Waals surface area contributed by atoms with Crippen LogP contribution >= 0.6 is 0 Å². The van der Waals surface area contributed by atoms with Crippen LogP contribution < -0.4 is 0 Å². The lowest BCUT2D eigenvalue weighted by Gasteiger charge is -2.31. The number of carboxylic acid groups (broad SMARTS) is 1. The standard InChI is InChI=1S/C17H23NO3/c1-12(2)18(10-6-9-17(19)20)13(3)16-11-14-7-4-5-8-15(14)21-16/h4-5,7-8,11-13H,6,9-10H2,1-3H3,(H,19,20). The molecule has 0 spiro atoms. The van der Waals surface area contributed by atoms with Gasteiger partial charge in [-0.3, -0.25) is 9.69 Å². The van der Waals surface area contributed by atoms with Crippen molar-refractivity contribution in [3.8, 4) is 0 Å². The summed E-state index contributed by atoms with van der Waals surface area (Å²) in [6.45, 7) is 7.11. The number of nitrogens with zero attached hydrogens (tertiary/aromatic N) is 1. The first-order chi connectivity index (χ1) is 9.99. The highest BCUT2D eigenvalue weighted by atomic mass is 16.4. The Morgan fingerprint density at radius 3 is 2.62 bits per heavy atom. The molecular formula is C17H23NO3. The Morgan fingerprint density at radius 1 is 1.29 bits per heavy atom. The van der Waals surface area contributed by atoms with Crippen molar-refractivity contribution in [2.75, 3.05) is 6.54 Å². The minimum absolute atomic E-state index is 0.131. The van der Waals surface area contributed by atoms with E-state index in [1.54, 1.807) is 0 Å². The molecule has 0 aliphatic rings. The van der Waals surface area contributed by atoms with Crippen LogP contribution in [0.4, 0.5) is 0 Å². The first kappa shape index (κ1) is 15.6. The highest BCUT2D eigenvalue weighted by molar-refractivity contribution is 5.77. The zero-order valence-electron chi connectivity index (χ0n) is 12.9. The molecule has 0 radical (unpaired) electrons. The summed E-state index contributed by atoms with van der Waals surface area (Å²) < 4.78 is 5.93. The third-order valence-corrected chi connectivity index (χ3v) is 3.82. The molecule has 4 heteroatoms. The molecule has 114 valence electrons. The summed E-state index contributed by atoms with van der Waals surface area (Å²) >= 11 is 0. The molecule has 0 bridgehead atoms. The van der Waals surface area contributed by atoms with Crippen LogP contribution in [0.1, 0.15) is 45.4 Å². The molecule has 1 heterocycles. The number of aliphatic carboxylic acids is 1. The van der Waals surface area contributed by atoms with E-state index in [2.05, 4.69) is 31.7 Å². The van der Waals surface area contributed by atoms with Crippen LogP contribution in [0.15, 0.2) is 34.7 Å². The van der Waals surface area contributed by atoms with E-state index in [0.29, 0.717) is 12.5 Å². The van der Waals surface area contributed by atoms with Gasteiger partial charge in [-0.15, -0.1) is 0 Å². The topological polar surface area (TPSA) is 53.7 Å². The molecule has 1 N–H and O–H groups in total. The molecule has 4 nitrogen and oxygen atoms in total. The molecule has 1 atom stereocenters. The summed E-state index contributed by atoms with van der Waals surface area (Å²) in [5, 5.41) is 9.88. The molecule has 0 saturated heterocycles. The molecule has 2 aromatic rings. The number of rotatable bonds is 7. The smallest absolute Gasteiger partial charge is 0.303 e. The van der Waals surface area contributed by atoms with Gasteiger partial charge in [0.1, 0.15) is 11.3 Å². The van der Waals surface area contributed by atoms with E-state index in [9.17, 15) is 4.79 Å². The Bertz CT molecular complexity index is 570. The fraction of sp³-hybridized carbons (Fsp3) is 0.471. The largest absolute Gasteiger partial charge is 0.481 e. The van der Waals surface area contributed by atoms with Crippen LogP contribution in [0.2, 0.25) is 0 Å². The summed E-state index contributed by atoms with van der Waals surface area (Å²) in [6, 6.07) is 10.5. The van der Waals surface area contributed by atoms with Crippen molar-refractivity contribution < 1.29 is 14.3 Å². The number of hydrogen-bond acceptors (Lipinski definition) is 3. The molecule has 0 aliphatic carbocycles. The van der Waals surface area contributed by atoms with Crippen molar-refractivity contribution in [1.29, 1.82) is 0 Å². The van der Waals surface area contributed by atoms with Gasteiger partial charge in [0.15, 0.2) is 0 Å². The summed E-state index contributed by atoms with van der Waals surface area (Å²) in [7, 11) is 0. The highest BCUT2D eigenvalue weighted by Crippen LogP contribution is 2.28. The van der Waals surface area contributed by atoms with Gasteiger partial charge in [-0.2, -0.15) is 0 Å². The van der Waals surface area contributed by atoms with Crippen molar-refractivity contribution in [3.63, 3.8) is 0 Å². The summed E-state index contributed by atoms with van der Waals surface area (Å²) in [4.78, 5) is 12.9.